The van der Waals surface area contributed by atoms with Crippen LogP contribution in [0.3, 0.4) is 0 Å². The zero-order chi connectivity index (χ0) is 74.1. The summed E-state index contributed by atoms with van der Waals surface area (Å²) in [6, 6.07) is 84.2. The summed E-state index contributed by atoms with van der Waals surface area (Å²) in [6.07, 6.45) is 0. The van der Waals surface area contributed by atoms with Gasteiger partial charge in [-0.1, -0.05) is 157 Å². The minimum Gasteiger partial charge on any atom is -0.505 e. The maximum atomic E-state index is 14.2. The minimum absolute atomic E-state index is 0.0178. The molecule has 1 atom stereocenters. The third kappa shape index (κ3) is 11.7. The second kappa shape index (κ2) is 26.9. The van der Waals surface area contributed by atoms with Crippen LogP contribution in [0.4, 0.5) is 62.6 Å². The number of aromatic amines is 3. The van der Waals surface area contributed by atoms with Gasteiger partial charge in [-0.15, -0.1) is 20.2 Å². The highest BCUT2D eigenvalue weighted by molar-refractivity contribution is 6.25. The number of azo groups is 3. The van der Waals surface area contributed by atoms with Crippen LogP contribution in [-0.4, -0.2) is 42.1 Å². The SMILES string of the molecule is Cc1ccccc1NC(=O)c1cc2ccc3c4ccccc4[nH]c3c2c(N=Nc2ccc(N(c3ccc(N=Nc4c(O)c(C(=O)Nc5ccccc5C)cc5ccc6c7ccccc7[nH]c6c45)cc3)c3ccc(N=Nc4c(O)c(C(N=O)c5ccccc5C)cc5ccc6c7ccccc7[nH]c6c45)cc3)cc2)c1O. The van der Waals surface area contributed by atoms with Crippen LogP contribution in [0.1, 0.15) is 54.6 Å². The van der Waals surface area contributed by atoms with Gasteiger partial charge in [0.05, 0.1) is 44.7 Å². The van der Waals surface area contributed by atoms with Crippen molar-refractivity contribution in [2.24, 2.45) is 35.9 Å². The number of nitrogens with zero attached hydrogens (tertiary/aromatic N) is 8. The number of hydrogen-bond acceptors (Lipinski definition) is 14. The Morgan fingerprint density at radius 2 is 0.688 bits per heavy atom. The number of nitroso groups, excluding NO2 is 1. The van der Waals surface area contributed by atoms with Crippen molar-refractivity contribution in [2.75, 3.05) is 15.5 Å². The topological polar surface area (TPSA) is 273 Å². The monoisotopic (exact) mass is 1420 g/mol. The quantitative estimate of drug-likeness (QED) is 0.0342. The van der Waals surface area contributed by atoms with Crippen molar-refractivity contribution in [2.45, 2.75) is 26.8 Å². The van der Waals surface area contributed by atoms with E-state index in [-0.39, 0.29) is 51.0 Å². The number of fused-ring (bicyclic) bond motifs is 15. The maximum Gasteiger partial charge on any atom is 0.259 e. The molecule has 18 rings (SSSR count). The van der Waals surface area contributed by atoms with E-state index in [1.165, 1.54) is 0 Å². The number of carbonyl (C=O) groups is 2. The van der Waals surface area contributed by atoms with Gasteiger partial charge in [-0.2, -0.15) is 15.3 Å². The summed E-state index contributed by atoms with van der Waals surface area (Å²) in [5, 5.41) is 84.9. The molecule has 0 aliphatic heterocycles. The Morgan fingerprint density at radius 1 is 0.349 bits per heavy atom. The molecule has 0 aliphatic rings. The number of aryl methyl sites for hydroxylation is 3. The first kappa shape index (κ1) is 66.0. The lowest BCUT2D eigenvalue weighted by Crippen LogP contribution is -2.13. The molecule has 3 heterocycles. The number of carbonyl (C=O) groups excluding carboxylic acids is 2. The number of nitrogens with one attached hydrogen (secondary N) is 5. The molecule has 0 saturated heterocycles. The van der Waals surface area contributed by atoms with E-state index < -0.39 is 17.9 Å². The average Bonchev–Trinajstić information content (AvgIpc) is 1.66. The van der Waals surface area contributed by atoms with E-state index in [9.17, 15) is 29.8 Å². The average molecular weight is 1420 g/mol. The predicted molar refractivity (Wildman–Crippen MR) is 436 cm³/mol. The summed E-state index contributed by atoms with van der Waals surface area (Å²) in [4.78, 5) is 54.1. The molecule has 0 saturated carbocycles. The third-order valence-corrected chi connectivity index (χ3v) is 20.5. The van der Waals surface area contributed by atoms with Gasteiger partial charge in [-0.25, -0.2) is 0 Å². The number of hydrogen-bond donors (Lipinski definition) is 8. The predicted octanol–water partition coefficient (Wildman–Crippen LogP) is 25.2. The highest BCUT2D eigenvalue weighted by Crippen LogP contribution is 2.51. The molecule has 524 valence electrons. The molecule has 0 radical (unpaired) electrons. The number of amides is 2. The Hall–Kier alpha value is -15.0. The lowest BCUT2D eigenvalue weighted by Gasteiger charge is -2.25. The first-order chi connectivity index (χ1) is 53.3. The van der Waals surface area contributed by atoms with Gasteiger partial charge in [-0.3, -0.25) is 9.59 Å². The number of para-hydroxylation sites is 5. The number of aromatic nitrogens is 3. The fraction of sp³-hybridized carbons (Fsp3) is 0.0444. The van der Waals surface area contributed by atoms with Crippen LogP contribution in [0.5, 0.6) is 17.2 Å². The van der Waals surface area contributed by atoms with Crippen LogP contribution in [0, 0.1) is 25.7 Å². The fourth-order valence-corrected chi connectivity index (χ4v) is 15.0. The molecule has 109 heavy (non-hydrogen) atoms. The van der Waals surface area contributed by atoms with E-state index in [1.807, 2.05) is 244 Å². The third-order valence-electron chi connectivity index (χ3n) is 20.5. The lowest BCUT2D eigenvalue weighted by molar-refractivity contribution is 0.101. The molecule has 8 N–H and O–H groups in total. The zero-order valence-corrected chi connectivity index (χ0v) is 58.7. The summed E-state index contributed by atoms with van der Waals surface area (Å²) in [5.41, 5.74) is 13.3. The molecule has 19 nitrogen and oxygen atoms in total. The molecule has 0 aliphatic carbocycles. The van der Waals surface area contributed by atoms with Crippen molar-refractivity contribution in [3.05, 3.63) is 317 Å². The Labute approximate surface area is 620 Å². The maximum absolute atomic E-state index is 14.2. The van der Waals surface area contributed by atoms with Crippen LogP contribution in [-0.2, 0) is 0 Å². The summed E-state index contributed by atoms with van der Waals surface area (Å²) < 4.78 is 0. The molecule has 1 unspecified atom stereocenters. The van der Waals surface area contributed by atoms with Crippen molar-refractivity contribution in [1.82, 2.24) is 15.0 Å². The molecule has 0 fully saturated rings. The molecular formula is C90H63N13O6. The largest absolute Gasteiger partial charge is 0.505 e. The highest BCUT2D eigenvalue weighted by atomic mass is 16.3. The first-order valence-corrected chi connectivity index (χ1v) is 35.4. The Balaban J connectivity index is 0.737. The summed E-state index contributed by atoms with van der Waals surface area (Å²) in [5.74, 6) is -1.96. The summed E-state index contributed by atoms with van der Waals surface area (Å²) >= 11 is 0. The van der Waals surface area contributed by atoms with Gasteiger partial charge in [-0.05, 0) is 181 Å². The molecule has 0 bridgehead atoms. The lowest BCUT2D eigenvalue weighted by atomic mass is 9.92. The Bertz CT molecular complexity index is 6620. The fourth-order valence-electron chi connectivity index (χ4n) is 15.0. The van der Waals surface area contributed by atoms with Gasteiger partial charge in [0.2, 0.25) is 0 Å². The second-order valence-corrected chi connectivity index (χ2v) is 27.1. The second-order valence-electron chi connectivity index (χ2n) is 27.1. The van der Waals surface area contributed by atoms with Crippen molar-refractivity contribution in [3.63, 3.8) is 0 Å². The van der Waals surface area contributed by atoms with E-state index in [0.717, 1.165) is 82.1 Å². The van der Waals surface area contributed by atoms with Crippen molar-refractivity contribution >= 4 is 172 Å². The normalized spacial score (nSPS) is 12.2. The molecule has 3 aromatic heterocycles. The number of H-pyrrole nitrogens is 3. The van der Waals surface area contributed by atoms with Gasteiger partial charge >= 0.3 is 0 Å². The standard InChI is InChI=1S/C90H63N13O6/c1-49-16-4-7-19-61(49)79(102-109)68-46-52-28-43-65-62-20-8-13-25-73(62)91-80(65)76(52)83(86(68)104)99-96-55-31-37-58(38-32-55)103(59-39-33-56(34-40-59)97-100-84-77-53(29-44-66-63-21-9-14-26-74(63)92-81(66)77)47-69(87(84)105)89(107)94-71-23-11-5-17-50(71)2)60-41-35-57(36-42-60)98-101-85-78-54(30-45-67-64-22-10-15-27-75(64)93-82(67)78)48-70(88(85)106)90(108)95-72-24-12-6-18-51(72)3/h4-48,79,91-93,104-106H,1-3H3,(H,94,107)(H,95,108). The van der Waals surface area contributed by atoms with Gasteiger partial charge in [0, 0.05) is 99.0 Å². The van der Waals surface area contributed by atoms with Crippen LogP contribution in [0.15, 0.2) is 309 Å². The highest BCUT2D eigenvalue weighted by Gasteiger charge is 2.28. The summed E-state index contributed by atoms with van der Waals surface area (Å²) in [7, 11) is 0. The molecular weight excluding hydrogens is 1360 g/mol. The number of anilines is 5. The van der Waals surface area contributed by atoms with E-state index >= 15 is 0 Å². The van der Waals surface area contributed by atoms with Crippen molar-refractivity contribution in [3.8, 4) is 17.2 Å². The van der Waals surface area contributed by atoms with Crippen LogP contribution in [0.2, 0.25) is 0 Å². The summed E-state index contributed by atoms with van der Waals surface area (Å²) in [6.45, 7) is 5.70. The van der Waals surface area contributed by atoms with Crippen LogP contribution in [0.25, 0.3) is 97.7 Å². The van der Waals surface area contributed by atoms with Gasteiger partial charge in [0.25, 0.3) is 11.8 Å². The number of aromatic hydroxyl groups is 3. The van der Waals surface area contributed by atoms with E-state index in [1.54, 1.807) is 54.6 Å². The molecule has 2 amide bonds. The van der Waals surface area contributed by atoms with Crippen LogP contribution >= 0.6 is 0 Å². The van der Waals surface area contributed by atoms with Gasteiger partial charge < -0.3 is 45.8 Å². The van der Waals surface area contributed by atoms with Crippen molar-refractivity contribution < 1.29 is 24.9 Å². The number of phenols is 3. The van der Waals surface area contributed by atoms with Gasteiger partial charge in [0.1, 0.15) is 28.9 Å². The molecule has 0 spiro atoms. The van der Waals surface area contributed by atoms with Crippen molar-refractivity contribution in [1.29, 1.82) is 0 Å². The Kier molecular flexibility index (Phi) is 16.3. The molecule has 19 heteroatoms. The van der Waals surface area contributed by atoms with Crippen LogP contribution < -0.4 is 15.5 Å². The van der Waals surface area contributed by atoms with E-state index in [0.29, 0.717) is 83.4 Å². The zero-order valence-electron chi connectivity index (χ0n) is 58.7. The van der Waals surface area contributed by atoms with E-state index in [4.69, 9.17) is 30.7 Å². The number of benzene rings is 15. The van der Waals surface area contributed by atoms with Gasteiger partial charge in [0.15, 0.2) is 11.5 Å². The number of phenolic OH excluding ortho intramolecular Hbond substituents is 3. The molecule has 15 aromatic carbocycles. The number of rotatable bonds is 16. The minimum atomic E-state index is -1.06. The molecule has 18 aromatic rings. The Morgan fingerprint density at radius 3 is 1.06 bits per heavy atom. The van der Waals surface area contributed by atoms with E-state index in [2.05, 4.69) is 30.8 Å². The first-order valence-electron chi connectivity index (χ1n) is 35.4. The smallest absolute Gasteiger partial charge is 0.259 e.